The quantitative estimate of drug-likeness (QED) is 0.506. The van der Waals surface area contributed by atoms with E-state index in [1.807, 2.05) is 19.9 Å². The van der Waals surface area contributed by atoms with Gasteiger partial charge >= 0.3 is 0 Å². The molecule has 7 nitrogen and oxygen atoms in total. The lowest BCUT2D eigenvalue weighted by Gasteiger charge is -2.28. The first-order valence-electron chi connectivity index (χ1n) is 11.0. The maximum atomic E-state index is 13.7. The smallest absolute Gasteiger partial charge is 0.261 e. The first kappa shape index (κ1) is 23.8. The molecular formula is C24H29N3O4S2. The SMILES string of the molecule is Cc1ccc2sc(N(CCCN3CCOCC3)C(=O)c3ccccc3S(C)(=O)=O)nc2c1C. The highest BCUT2D eigenvalue weighted by Crippen LogP contribution is 2.33. The van der Waals surface area contributed by atoms with Gasteiger partial charge in [-0.2, -0.15) is 0 Å². The Morgan fingerprint density at radius 3 is 2.61 bits per heavy atom. The third-order valence-corrected chi connectivity index (χ3v) is 8.22. The number of hydrogen-bond donors (Lipinski definition) is 0. The van der Waals surface area contributed by atoms with E-state index in [9.17, 15) is 13.2 Å². The maximum absolute atomic E-state index is 13.7. The number of fused-ring (bicyclic) bond motifs is 1. The van der Waals surface area contributed by atoms with Gasteiger partial charge in [0.05, 0.1) is 33.9 Å². The fourth-order valence-electron chi connectivity index (χ4n) is 4.00. The van der Waals surface area contributed by atoms with Crippen LogP contribution in [0.4, 0.5) is 5.13 Å². The number of hydrogen-bond acceptors (Lipinski definition) is 7. The van der Waals surface area contributed by atoms with E-state index < -0.39 is 9.84 Å². The van der Waals surface area contributed by atoms with Gasteiger partial charge in [-0.15, -0.1) is 0 Å². The summed E-state index contributed by atoms with van der Waals surface area (Å²) in [6.45, 7) is 8.57. The lowest BCUT2D eigenvalue weighted by molar-refractivity contribution is 0.0376. The van der Waals surface area contributed by atoms with Crippen LogP contribution >= 0.6 is 11.3 Å². The molecule has 3 aromatic rings. The second-order valence-corrected chi connectivity index (χ2v) is 11.4. The van der Waals surface area contributed by atoms with Crippen molar-refractivity contribution in [3.05, 3.63) is 53.1 Å². The molecule has 1 aliphatic heterocycles. The van der Waals surface area contributed by atoms with Gasteiger partial charge in [-0.25, -0.2) is 13.4 Å². The van der Waals surface area contributed by atoms with E-state index in [1.54, 1.807) is 23.1 Å². The zero-order valence-corrected chi connectivity index (χ0v) is 20.8. The summed E-state index contributed by atoms with van der Waals surface area (Å²) >= 11 is 1.46. The minimum atomic E-state index is -3.56. The Morgan fingerprint density at radius 2 is 1.88 bits per heavy atom. The molecule has 4 rings (SSSR count). The second-order valence-electron chi connectivity index (χ2n) is 8.38. The second kappa shape index (κ2) is 9.89. The van der Waals surface area contributed by atoms with Gasteiger partial charge in [0.1, 0.15) is 0 Å². The summed E-state index contributed by atoms with van der Waals surface area (Å²) in [5, 5.41) is 0.592. The van der Waals surface area contributed by atoms with Gasteiger partial charge in [0.15, 0.2) is 15.0 Å². The molecule has 0 spiro atoms. The van der Waals surface area contributed by atoms with Gasteiger partial charge in [-0.3, -0.25) is 14.6 Å². The zero-order chi connectivity index (χ0) is 23.6. The topological polar surface area (TPSA) is 79.8 Å². The van der Waals surface area contributed by atoms with Crippen LogP contribution in [0.3, 0.4) is 0 Å². The van der Waals surface area contributed by atoms with Crippen molar-refractivity contribution >= 4 is 42.4 Å². The van der Waals surface area contributed by atoms with Crippen LogP contribution in [0.1, 0.15) is 27.9 Å². The van der Waals surface area contributed by atoms with E-state index in [1.165, 1.54) is 17.4 Å². The number of thiazole rings is 1. The number of morpholine rings is 1. The molecule has 1 saturated heterocycles. The standard InChI is InChI=1S/C24H29N3O4S2/c1-17-9-10-20-22(18(17)2)25-24(32-20)27(12-6-11-26-13-15-31-16-14-26)23(28)19-7-4-5-8-21(19)33(3,29)30/h4-5,7-10H,6,11-16H2,1-3H3. The largest absolute Gasteiger partial charge is 0.379 e. The number of aryl methyl sites for hydroxylation is 2. The van der Waals surface area contributed by atoms with Crippen LogP contribution in [0.2, 0.25) is 0 Å². The minimum absolute atomic E-state index is 0.0429. The average Bonchev–Trinajstić information content (AvgIpc) is 3.24. The van der Waals surface area contributed by atoms with Gasteiger partial charge in [0, 0.05) is 32.4 Å². The van der Waals surface area contributed by atoms with Crippen molar-refractivity contribution in [2.75, 3.05) is 50.5 Å². The molecule has 0 unspecified atom stereocenters. The van der Waals surface area contributed by atoms with E-state index in [0.717, 1.165) is 66.9 Å². The number of nitrogens with zero attached hydrogens (tertiary/aromatic N) is 3. The Balaban J connectivity index is 1.69. The molecule has 1 aromatic heterocycles. The Hall–Kier alpha value is -2.33. The number of anilines is 1. The van der Waals surface area contributed by atoms with Gasteiger partial charge in [0.25, 0.3) is 5.91 Å². The molecule has 2 aromatic carbocycles. The Bertz CT molecular complexity index is 1260. The van der Waals surface area contributed by atoms with Crippen molar-refractivity contribution in [2.45, 2.75) is 25.2 Å². The number of rotatable bonds is 7. The highest BCUT2D eigenvalue weighted by atomic mass is 32.2. The molecule has 0 aliphatic carbocycles. The molecule has 0 N–H and O–H groups in total. The molecule has 0 bridgehead atoms. The Morgan fingerprint density at radius 1 is 1.15 bits per heavy atom. The van der Waals surface area contributed by atoms with E-state index in [2.05, 4.69) is 11.0 Å². The third kappa shape index (κ3) is 5.27. The van der Waals surface area contributed by atoms with Crippen molar-refractivity contribution < 1.29 is 17.9 Å². The number of aromatic nitrogens is 1. The molecular weight excluding hydrogens is 458 g/mol. The van der Waals surface area contributed by atoms with E-state index in [-0.39, 0.29) is 16.4 Å². The number of benzene rings is 2. The Labute approximate surface area is 198 Å². The fraction of sp³-hybridized carbons (Fsp3) is 0.417. The molecule has 1 fully saturated rings. The van der Waals surface area contributed by atoms with Gasteiger partial charge in [-0.1, -0.05) is 29.5 Å². The lowest BCUT2D eigenvalue weighted by Crippen LogP contribution is -2.39. The summed E-state index contributed by atoms with van der Waals surface area (Å²) in [6.07, 6.45) is 1.88. The van der Waals surface area contributed by atoms with Gasteiger partial charge < -0.3 is 4.74 Å². The van der Waals surface area contributed by atoms with Crippen LogP contribution in [-0.4, -0.2) is 69.9 Å². The monoisotopic (exact) mass is 487 g/mol. The van der Waals surface area contributed by atoms with Crippen molar-refractivity contribution in [1.82, 2.24) is 9.88 Å². The molecule has 1 amide bonds. The zero-order valence-electron chi connectivity index (χ0n) is 19.2. The number of sulfone groups is 1. The minimum Gasteiger partial charge on any atom is -0.379 e. The normalized spacial score (nSPS) is 15.1. The number of ether oxygens (including phenoxy) is 1. The molecule has 2 heterocycles. The highest BCUT2D eigenvalue weighted by molar-refractivity contribution is 7.90. The number of carbonyl (C=O) groups is 1. The van der Waals surface area contributed by atoms with Crippen molar-refractivity contribution in [2.24, 2.45) is 0 Å². The molecule has 0 atom stereocenters. The lowest BCUT2D eigenvalue weighted by atomic mass is 10.1. The molecule has 33 heavy (non-hydrogen) atoms. The average molecular weight is 488 g/mol. The summed E-state index contributed by atoms with van der Waals surface area (Å²) in [6, 6.07) is 10.5. The summed E-state index contributed by atoms with van der Waals surface area (Å²) in [5.41, 5.74) is 3.30. The van der Waals surface area contributed by atoms with Crippen molar-refractivity contribution in [1.29, 1.82) is 0 Å². The predicted molar refractivity (Wildman–Crippen MR) is 132 cm³/mol. The van der Waals surface area contributed by atoms with Crippen LogP contribution in [0.15, 0.2) is 41.3 Å². The van der Waals surface area contributed by atoms with Crippen LogP contribution in [-0.2, 0) is 14.6 Å². The van der Waals surface area contributed by atoms with Crippen LogP contribution in [0.5, 0.6) is 0 Å². The van der Waals surface area contributed by atoms with Crippen LogP contribution in [0.25, 0.3) is 10.2 Å². The summed E-state index contributed by atoms with van der Waals surface area (Å²) in [5.74, 6) is -0.341. The molecule has 176 valence electrons. The Kier molecular flexibility index (Phi) is 7.13. The highest BCUT2D eigenvalue weighted by Gasteiger charge is 2.26. The summed E-state index contributed by atoms with van der Waals surface area (Å²) in [4.78, 5) is 22.5. The molecule has 0 radical (unpaired) electrons. The number of carbonyl (C=O) groups excluding carboxylic acids is 1. The predicted octanol–water partition coefficient (Wildman–Crippen LogP) is 3.69. The van der Waals surface area contributed by atoms with E-state index in [0.29, 0.717) is 11.7 Å². The first-order chi connectivity index (χ1) is 15.8. The fourth-order valence-corrected chi connectivity index (χ4v) is 5.93. The third-order valence-electron chi connectivity index (χ3n) is 6.03. The van der Waals surface area contributed by atoms with E-state index >= 15 is 0 Å². The molecule has 0 saturated carbocycles. The van der Waals surface area contributed by atoms with Gasteiger partial charge in [-0.05, 0) is 49.6 Å². The first-order valence-corrected chi connectivity index (χ1v) is 13.7. The van der Waals surface area contributed by atoms with Gasteiger partial charge in [0.2, 0.25) is 0 Å². The summed E-state index contributed by atoms with van der Waals surface area (Å²) < 4.78 is 31.1. The van der Waals surface area contributed by atoms with Crippen molar-refractivity contribution in [3.63, 3.8) is 0 Å². The molecule has 1 aliphatic rings. The van der Waals surface area contributed by atoms with Crippen LogP contribution in [0, 0.1) is 13.8 Å². The number of amides is 1. The summed E-state index contributed by atoms with van der Waals surface area (Å²) in [7, 11) is -3.56. The molecule has 9 heteroatoms. The van der Waals surface area contributed by atoms with Crippen LogP contribution < -0.4 is 4.90 Å². The van der Waals surface area contributed by atoms with E-state index in [4.69, 9.17) is 9.72 Å². The maximum Gasteiger partial charge on any atom is 0.261 e. The van der Waals surface area contributed by atoms with Crippen molar-refractivity contribution in [3.8, 4) is 0 Å².